The lowest BCUT2D eigenvalue weighted by atomic mass is 9.95. The number of benzene rings is 4. The third kappa shape index (κ3) is 5.72. The molecule has 1 atom stereocenters. The molecule has 0 amide bonds. The summed E-state index contributed by atoms with van der Waals surface area (Å²) in [6, 6.07) is 26.9. The Morgan fingerprint density at radius 3 is 2.15 bits per heavy atom. The normalized spacial score (nSPS) is 13.7. The van der Waals surface area contributed by atoms with E-state index in [1.807, 2.05) is 52.0 Å². The van der Waals surface area contributed by atoms with E-state index in [9.17, 15) is 0 Å². The van der Waals surface area contributed by atoms with Gasteiger partial charge in [0.05, 0.1) is 11.2 Å². The van der Waals surface area contributed by atoms with Crippen molar-refractivity contribution in [3.8, 4) is 0 Å². The number of hydrogen-bond donors (Lipinski definition) is 3. The maximum atomic E-state index is 5.61. The smallest absolute Gasteiger partial charge is 0.187 e. The van der Waals surface area contributed by atoms with Gasteiger partial charge in [0.1, 0.15) is 0 Å². The van der Waals surface area contributed by atoms with Crippen LogP contribution in [0.15, 0.2) is 93.6 Å². The number of fused-ring (bicyclic) bond motifs is 3. The lowest BCUT2D eigenvalue weighted by molar-refractivity contribution is 0.396. The van der Waals surface area contributed by atoms with E-state index in [-0.39, 0.29) is 5.54 Å². The van der Waals surface area contributed by atoms with Crippen LogP contribution in [0.25, 0.3) is 21.5 Å². The molecule has 4 rings (SSSR count). The fraction of sp³-hybridized carbons (Fsp3) is 0.222. The van der Waals surface area contributed by atoms with Gasteiger partial charge in [-0.1, -0.05) is 64.5 Å². The number of nitrogens with zero attached hydrogens (tertiary/aromatic N) is 2. The van der Waals surface area contributed by atoms with Crippen LogP contribution in [-0.2, 0) is 5.66 Å². The van der Waals surface area contributed by atoms with Crippen LogP contribution in [0.4, 0.5) is 5.69 Å². The summed E-state index contributed by atoms with van der Waals surface area (Å²) in [6.45, 7) is 8.06. The van der Waals surface area contributed by atoms with Gasteiger partial charge in [-0.05, 0) is 91.8 Å². The molecule has 0 fully saturated rings. The van der Waals surface area contributed by atoms with E-state index in [1.54, 1.807) is 0 Å². The standard InChI is InChI=1S/C27H28BrN5S/c1-26(2,3)32-33-27(4,29-25(34)31-30-22-15-13-21(28)14-16-22)20-12-11-19-10-9-18-7-5-6-8-23(18)24(19)17-20/h5-17,30H,1-4H3,(H2,29,31,34)/b33-32+. The molecule has 1 unspecified atom stereocenters. The van der Waals surface area contributed by atoms with Gasteiger partial charge >= 0.3 is 0 Å². The molecule has 5 nitrogen and oxygen atoms in total. The number of thiocarbonyl (C=S) groups is 1. The summed E-state index contributed by atoms with van der Waals surface area (Å²) >= 11 is 9.06. The van der Waals surface area contributed by atoms with E-state index in [0.717, 1.165) is 15.7 Å². The number of hydrogen-bond acceptors (Lipinski definition) is 4. The predicted molar refractivity (Wildman–Crippen MR) is 150 cm³/mol. The van der Waals surface area contributed by atoms with Gasteiger partial charge < -0.3 is 5.32 Å². The first-order chi connectivity index (χ1) is 16.1. The zero-order chi connectivity index (χ0) is 24.3. The van der Waals surface area contributed by atoms with Crippen LogP contribution >= 0.6 is 28.1 Å². The van der Waals surface area contributed by atoms with Crippen LogP contribution in [0.2, 0.25) is 0 Å². The molecule has 0 saturated heterocycles. The zero-order valence-corrected chi connectivity index (χ0v) is 22.1. The van der Waals surface area contributed by atoms with Crippen molar-refractivity contribution < 1.29 is 0 Å². The highest BCUT2D eigenvalue weighted by Crippen LogP contribution is 2.31. The molecule has 0 heterocycles. The van der Waals surface area contributed by atoms with Gasteiger partial charge in [0.15, 0.2) is 10.8 Å². The number of anilines is 1. The molecule has 4 aromatic carbocycles. The molecule has 0 radical (unpaired) electrons. The second-order valence-electron chi connectivity index (χ2n) is 9.38. The minimum atomic E-state index is -0.871. The maximum absolute atomic E-state index is 5.61. The number of nitrogens with one attached hydrogen (secondary N) is 3. The Kier molecular flexibility index (Phi) is 6.86. The second-order valence-corrected chi connectivity index (χ2v) is 10.7. The molecular formula is C27H28BrN5S. The topological polar surface area (TPSA) is 60.8 Å². The van der Waals surface area contributed by atoms with E-state index in [0.29, 0.717) is 5.11 Å². The molecule has 4 aromatic rings. The summed E-state index contributed by atoms with van der Waals surface area (Å²) < 4.78 is 1.01. The van der Waals surface area contributed by atoms with Crippen LogP contribution in [0, 0.1) is 0 Å². The van der Waals surface area contributed by atoms with Crippen LogP contribution in [0.1, 0.15) is 33.3 Å². The molecule has 0 bridgehead atoms. The third-order valence-electron chi connectivity index (χ3n) is 5.38. The average molecular weight is 535 g/mol. The van der Waals surface area contributed by atoms with Gasteiger partial charge in [-0.2, -0.15) is 10.2 Å². The van der Waals surface area contributed by atoms with E-state index in [4.69, 9.17) is 17.3 Å². The van der Waals surface area contributed by atoms with Gasteiger partial charge in [0.2, 0.25) is 0 Å². The number of rotatable bonds is 5. The third-order valence-corrected chi connectivity index (χ3v) is 6.11. The van der Waals surface area contributed by atoms with E-state index >= 15 is 0 Å². The lowest BCUT2D eigenvalue weighted by Crippen LogP contribution is -2.48. The maximum Gasteiger partial charge on any atom is 0.187 e. The first-order valence-corrected chi connectivity index (χ1v) is 12.3. The lowest BCUT2D eigenvalue weighted by Gasteiger charge is -2.29. The van der Waals surface area contributed by atoms with Crippen molar-refractivity contribution in [1.29, 1.82) is 0 Å². The second kappa shape index (κ2) is 9.68. The molecule has 0 spiro atoms. The van der Waals surface area contributed by atoms with Gasteiger partial charge in [0.25, 0.3) is 0 Å². The van der Waals surface area contributed by atoms with Crippen molar-refractivity contribution in [3.05, 3.63) is 88.9 Å². The Balaban J connectivity index is 1.67. The Morgan fingerprint density at radius 2 is 1.44 bits per heavy atom. The van der Waals surface area contributed by atoms with E-state index in [2.05, 4.69) is 91.8 Å². The van der Waals surface area contributed by atoms with Gasteiger partial charge in [-0.3, -0.25) is 10.9 Å². The molecule has 0 saturated carbocycles. The van der Waals surface area contributed by atoms with Crippen molar-refractivity contribution in [1.82, 2.24) is 10.7 Å². The van der Waals surface area contributed by atoms with Crippen LogP contribution in [0.5, 0.6) is 0 Å². The number of azo groups is 1. The van der Waals surface area contributed by atoms with Crippen LogP contribution in [0.3, 0.4) is 0 Å². The van der Waals surface area contributed by atoms with Crippen LogP contribution < -0.4 is 16.2 Å². The van der Waals surface area contributed by atoms with Gasteiger partial charge in [0, 0.05) is 10.0 Å². The number of hydrazine groups is 1. The van der Waals surface area contributed by atoms with E-state index in [1.165, 1.54) is 21.5 Å². The summed E-state index contributed by atoms with van der Waals surface area (Å²) in [7, 11) is 0. The van der Waals surface area contributed by atoms with Gasteiger partial charge in [-0.15, -0.1) is 0 Å². The minimum Gasteiger partial charge on any atom is -0.332 e. The first-order valence-electron chi connectivity index (χ1n) is 11.1. The van der Waals surface area contributed by atoms with Gasteiger partial charge in [-0.25, -0.2) is 0 Å². The van der Waals surface area contributed by atoms with Crippen molar-refractivity contribution >= 4 is 60.5 Å². The zero-order valence-electron chi connectivity index (χ0n) is 19.7. The van der Waals surface area contributed by atoms with Crippen molar-refractivity contribution in [2.45, 2.75) is 38.9 Å². The molecule has 0 aliphatic heterocycles. The molecular weight excluding hydrogens is 506 g/mol. The Labute approximate surface area is 214 Å². The SMILES string of the molecule is CC(C)(C)/N=N/C(C)(NC(=S)NNc1ccc(Br)cc1)c1ccc2ccc3ccccc3c2c1. The Hall–Kier alpha value is -3.03. The van der Waals surface area contributed by atoms with Crippen molar-refractivity contribution in [2.24, 2.45) is 10.2 Å². The minimum absolute atomic E-state index is 0.322. The molecule has 174 valence electrons. The molecule has 7 heteroatoms. The molecule has 3 N–H and O–H groups in total. The molecule has 0 aromatic heterocycles. The molecule has 0 aliphatic carbocycles. The van der Waals surface area contributed by atoms with Crippen molar-refractivity contribution in [3.63, 3.8) is 0 Å². The number of halogens is 1. The van der Waals surface area contributed by atoms with Crippen LogP contribution in [-0.4, -0.2) is 10.7 Å². The fourth-order valence-electron chi connectivity index (χ4n) is 3.62. The summed E-state index contributed by atoms with van der Waals surface area (Å²) in [6.07, 6.45) is 0. The van der Waals surface area contributed by atoms with Crippen molar-refractivity contribution in [2.75, 3.05) is 5.43 Å². The molecule has 34 heavy (non-hydrogen) atoms. The largest absolute Gasteiger partial charge is 0.332 e. The Bertz CT molecular complexity index is 1360. The Morgan fingerprint density at radius 1 is 0.794 bits per heavy atom. The molecule has 0 aliphatic rings. The van der Waals surface area contributed by atoms with E-state index < -0.39 is 5.66 Å². The highest BCUT2D eigenvalue weighted by Gasteiger charge is 2.29. The fourth-order valence-corrected chi connectivity index (χ4v) is 4.14. The highest BCUT2D eigenvalue weighted by molar-refractivity contribution is 9.10. The quantitative estimate of drug-likeness (QED) is 0.106. The summed E-state index contributed by atoms with van der Waals surface area (Å²) in [5.41, 5.74) is 6.85. The predicted octanol–water partition coefficient (Wildman–Crippen LogP) is 7.67. The monoisotopic (exact) mass is 533 g/mol. The summed E-state index contributed by atoms with van der Waals surface area (Å²) in [4.78, 5) is 0. The summed E-state index contributed by atoms with van der Waals surface area (Å²) in [5, 5.41) is 17.8. The average Bonchev–Trinajstić information content (AvgIpc) is 2.81. The first kappa shape index (κ1) is 24.1. The summed E-state index contributed by atoms with van der Waals surface area (Å²) in [5.74, 6) is 0. The highest BCUT2D eigenvalue weighted by atomic mass is 79.9.